The second kappa shape index (κ2) is 5.79. The molecule has 3 heteroatoms. The third kappa shape index (κ3) is 3.57. The molecule has 1 rings (SSSR count). The highest BCUT2D eigenvalue weighted by Crippen LogP contribution is 2.24. The molecule has 0 radical (unpaired) electrons. The van der Waals surface area contributed by atoms with Gasteiger partial charge in [0.1, 0.15) is 12.4 Å². The third-order valence-electron chi connectivity index (χ3n) is 2.08. The molecule has 2 N–H and O–H groups in total. The Morgan fingerprint density at radius 3 is 2.87 bits per heavy atom. The minimum atomic E-state index is -0.0272. The van der Waals surface area contributed by atoms with Crippen LogP contribution in [0.4, 0.5) is 0 Å². The van der Waals surface area contributed by atoms with E-state index in [2.05, 4.69) is 0 Å². The molecule has 0 aliphatic carbocycles. The van der Waals surface area contributed by atoms with Crippen molar-refractivity contribution in [2.24, 2.45) is 5.73 Å². The molecule has 0 bridgehead atoms. The fraction of sp³-hybridized carbons (Fsp3) is 0.333. The predicted molar refractivity (Wildman–Crippen MR) is 64.3 cm³/mol. The summed E-state index contributed by atoms with van der Waals surface area (Å²) in [6.45, 7) is 4.43. The molecule has 0 amide bonds. The maximum atomic E-state index is 5.84. The summed E-state index contributed by atoms with van der Waals surface area (Å²) in [7, 11) is 0. The standard InChI is InChI=1S/C12H16ClNO/c1-9-4-5-11(10(2)14)12(8-9)15-7-3-6-13/h3-6,8,10H,7,14H2,1-2H3/t10-/m1/s1. The molecule has 0 aromatic heterocycles. The second-order valence-corrected chi connectivity index (χ2v) is 3.75. The molecule has 82 valence electrons. The molecule has 2 nitrogen and oxygen atoms in total. The molecule has 0 unspecified atom stereocenters. The lowest BCUT2D eigenvalue weighted by Gasteiger charge is -2.13. The van der Waals surface area contributed by atoms with Gasteiger partial charge in [-0.05, 0) is 31.6 Å². The van der Waals surface area contributed by atoms with E-state index >= 15 is 0 Å². The van der Waals surface area contributed by atoms with Crippen molar-refractivity contribution in [1.29, 1.82) is 0 Å². The lowest BCUT2D eigenvalue weighted by atomic mass is 10.1. The molecule has 0 heterocycles. The van der Waals surface area contributed by atoms with Gasteiger partial charge in [0.15, 0.2) is 0 Å². The Bertz CT molecular complexity index is 347. The van der Waals surface area contributed by atoms with Gasteiger partial charge in [0, 0.05) is 17.1 Å². The molecule has 15 heavy (non-hydrogen) atoms. The minimum absolute atomic E-state index is 0.0272. The summed E-state index contributed by atoms with van der Waals surface area (Å²) in [6, 6.07) is 5.99. The van der Waals surface area contributed by atoms with Crippen molar-refractivity contribution in [2.45, 2.75) is 19.9 Å². The molecule has 1 atom stereocenters. The zero-order chi connectivity index (χ0) is 11.3. The summed E-state index contributed by atoms with van der Waals surface area (Å²) in [5.41, 5.74) is 9.46. The van der Waals surface area contributed by atoms with Gasteiger partial charge in [0.05, 0.1) is 0 Å². The lowest BCUT2D eigenvalue weighted by molar-refractivity contribution is 0.356. The van der Waals surface area contributed by atoms with Crippen LogP contribution in [0, 0.1) is 6.92 Å². The molecule has 0 aliphatic rings. The van der Waals surface area contributed by atoms with Crippen LogP contribution in [-0.2, 0) is 0 Å². The summed E-state index contributed by atoms with van der Waals surface area (Å²) < 4.78 is 5.57. The van der Waals surface area contributed by atoms with E-state index in [1.807, 2.05) is 32.0 Å². The quantitative estimate of drug-likeness (QED) is 0.855. The van der Waals surface area contributed by atoms with Crippen LogP contribution >= 0.6 is 11.6 Å². The SMILES string of the molecule is Cc1ccc([C@@H](C)N)c(OCC=CCl)c1. The van der Waals surface area contributed by atoms with Gasteiger partial charge in [0.2, 0.25) is 0 Å². The monoisotopic (exact) mass is 225 g/mol. The van der Waals surface area contributed by atoms with Crippen molar-refractivity contribution in [3.63, 3.8) is 0 Å². The zero-order valence-electron chi connectivity index (χ0n) is 9.03. The Morgan fingerprint density at radius 1 is 1.53 bits per heavy atom. The van der Waals surface area contributed by atoms with Gasteiger partial charge < -0.3 is 10.5 Å². The van der Waals surface area contributed by atoms with Crippen molar-refractivity contribution < 1.29 is 4.74 Å². The Hall–Kier alpha value is -0.990. The van der Waals surface area contributed by atoms with E-state index in [0.29, 0.717) is 6.61 Å². The summed E-state index contributed by atoms with van der Waals surface area (Å²) in [6.07, 6.45) is 1.74. The smallest absolute Gasteiger partial charge is 0.124 e. The van der Waals surface area contributed by atoms with Crippen LogP contribution in [-0.4, -0.2) is 6.61 Å². The van der Waals surface area contributed by atoms with Crippen LogP contribution in [0.15, 0.2) is 29.8 Å². The van der Waals surface area contributed by atoms with E-state index in [-0.39, 0.29) is 6.04 Å². The maximum Gasteiger partial charge on any atom is 0.124 e. The maximum absolute atomic E-state index is 5.84. The largest absolute Gasteiger partial charge is 0.489 e. The second-order valence-electron chi connectivity index (χ2n) is 3.50. The Balaban J connectivity index is 2.86. The Morgan fingerprint density at radius 2 is 2.27 bits per heavy atom. The van der Waals surface area contributed by atoms with Crippen LogP contribution in [0.25, 0.3) is 0 Å². The number of rotatable bonds is 4. The highest BCUT2D eigenvalue weighted by molar-refractivity contribution is 6.25. The zero-order valence-corrected chi connectivity index (χ0v) is 9.79. The van der Waals surface area contributed by atoms with E-state index < -0.39 is 0 Å². The van der Waals surface area contributed by atoms with Gasteiger partial charge in [0.25, 0.3) is 0 Å². The van der Waals surface area contributed by atoms with Crippen LogP contribution in [0.1, 0.15) is 24.1 Å². The molecule has 0 spiro atoms. The van der Waals surface area contributed by atoms with Gasteiger partial charge >= 0.3 is 0 Å². The van der Waals surface area contributed by atoms with Gasteiger partial charge in [-0.3, -0.25) is 0 Å². The molecule has 0 fully saturated rings. The first kappa shape index (κ1) is 12.1. The number of halogens is 1. The molecule has 0 saturated heterocycles. The van der Waals surface area contributed by atoms with Crippen molar-refractivity contribution in [3.8, 4) is 5.75 Å². The number of ether oxygens (including phenoxy) is 1. The Kier molecular flexibility index (Phi) is 4.66. The number of hydrogen-bond acceptors (Lipinski definition) is 2. The van der Waals surface area contributed by atoms with E-state index in [1.165, 1.54) is 5.54 Å². The Labute approximate surface area is 95.7 Å². The topological polar surface area (TPSA) is 35.2 Å². The van der Waals surface area contributed by atoms with Gasteiger partial charge in [-0.1, -0.05) is 23.7 Å². The van der Waals surface area contributed by atoms with E-state index in [1.54, 1.807) is 6.08 Å². The average Bonchev–Trinajstić information content (AvgIpc) is 2.18. The first-order valence-electron chi connectivity index (χ1n) is 4.89. The molecule has 1 aromatic rings. The van der Waals surface area contributed by atoms with E-state index in [4.69, 9.17) is 22.1 Å². The van der Waals surface area contributed by atoms with Crippen molar-refractivity contribution in [2.75, 3.05) is 6.61 Å². The van der Waals surface area contributed by atoms with Gasteiger partial charge in [-0.15, -0.1) is 0 Å². The first-order valence-corrected chi connectivity index (χ1v) is 5.33. The van der Waals surface area contributed by atoms with Crippen molar-refractivity contribution >= 4 is 11.6 Å². The minimum Gasteiger partial charge on any atom is -0.489 e. The molecular weight excluding hydrogens is 210 g/mol. The molecule has 1 aromatic carbocycles. The van der Waals surface area contributed by atoms with Gasteiger partial charge in [-0.2, -0.15) is 0 Å². The molecular formula is C12H16ClNO. The number of nitrogens with two attached hydrogens (primary N) is 1. The normalized spacial score (nSPS) is 13.1. The number of aryl methyl sites for hydroxylation is 1. The average molecular weight is 226 g/mol. The lowest BCUT2D eigenvalue weighted by Crippen LogP contribution is -2.08. The van der Waals surface area contributed by atoms with Gasteiger partial charge in [-0.25, -0.2) is 0 Å². The molecule has 0 aliphatic heterocycles. The fourth-order valence-electron chi connectivity index (χ4n) is 1.32. The highest BCUT2D eigenvalue weighted by Gasteiger charge is 2.07. The predicted octanol–water partition coefficient (Wildman–Crippen LogP) is 3.15. The summed E-state index contributed by atoms with van der Waals surface area (Å²) in [4.78, 5) is 0. The number of benzene rings is 1. The summed E-state index contributed by atoms with van der Waals surface area (Å²) in [5, 5.41) is 0. The first-order chi connectivity index (χ1) is 7.15. The van der Waals surface area contributed by atoms with E-state index in [0.717, 1.165) is 16.9 Å². The van der Waals surface area contributed by atoms with Crippen LogP contribution in [0.5, 0.6) is 5.75 Å². The number of hydrogen-bond donors (Lipinski definition) is 1. The highest BCUT2D eigenvalue weighted by atomic mass is 35.5. The fourth-order valence-corrected chi connectivity index (χ4v) is 1.39. The van der Waals surface area contributed by atoms with E-state index in [9.17, 15) is 0 Å². The van der Waals surface area contributed by atoms with Crippen molar-refractivity contribution in [1.82, 2.24) is 0 Å². The molecule has 0 saturated carbocycles. The van der Waals surface area contributed by atoms with Crippen LogP contribution < -0.4 is 10.5 Å². The summed E-state index contributed by atoms with van der Waals surface area (Å²) in [5.74, 6) is 0.833. The van der Waals surface area contributed by atoms with Crippen LogP contribution in [0.3, 0.4) is 0 Å². The third-order valence-corrected chi connectivity index (χ3v) is 2.26. The summed E-state index contributed by atoms with van der Waals surface area (Å²) >= 11 is 5.42. The van der Waals surface area contributed by atoms with Crippen molar-refractivity contribution in [3.05, 3.63) is 40.9 Å². The van der Waals surface area contributed by atoms with Crippen LogP contribution in [0.2, 0.25) is 0 Å².